The van der Waals surface area contributed by atoms with Crippen molar-refractivity contribution in [1.82, 2.24) is 0 Å². The van der Waals surface area contributed by atoms with Gasteiger partial charge < -0.3 is 14.2 Å². The predicted octanol–water partition coefficient (Wildman–Crippen LogP) is 5.14. The highest BCUT2D eigenvalue weighted by Crippen LogP contribution is 2.37. The number of carbonyl (C=O) groups is 1. The van der Waals surface area contributed by atoms with Gasteiger partial charge in [-0.05, 0) is 45.8 Å². The first kappa shape index (κ1) is 18.5. The predicted molar refractivity (Wildman–Crippen MR) is 99.6 cm³/mol. The van der Waals surface area contributed by atoms with E-state index in [0.29, 0.717) is 28.1 Å². The molecular weight excluding hydrogens is 440 g/mol. The van der Waals surface area contributed by atoms with Gasteiger partial charge in [0.05, 0.1) is 17.1 Å². The monoisotopic (exact) mass is 454 g/mol. The van der Waals surface area contributed by atoms with Gasteiger partial charge in [0.1, 0.15) is 13.2 Å². The number of hydrogen-bond acceptors (Lipinski definition) is 4. The zero-order valence-electron chi connectivity index (χ0n) is 13.1. The Morgan fingerprint density at radius 3 is 2.54 bits per heavy atom. The fourth-order valence-electron chi connectivity index (χ4n) is 1.93. The molecule has 0 aromatic heterocycles. The lowest BCUT2D eigenvalue weighted by Gasteiger charge is -2.14. The summed E-state index contributed by atoms with van der Waals surface area (Å²) in [7, 11) is 1.52. The van der Waals surface area contributed by atoms with Gasteiger partial charge in [0.25, 0.3) is 0 Å². The van der Waals surface area contributed by atoms with Gasteiger partial charge in [0.2, 0.25) is 0 Å². The highest BCUT2D eigenvalue weighted by Gasteiger charge is 2.16. The summed E-state index contributed by atoms with van der Waals surface area (Å²) in [6.45, 7) is 4.05. The number of carbonyl (C=O) groups excluding carboxylic acids is 1. The first-order valence-electron chi connectivity index (χ1n) is 7.08. The number of esters is 1. The van der Waals surface area contributed by atoms with Crippen LogP contribution in [0.2, 0.25) is 0 Å². The van der Waals surface area contributed by atoms with Crippen LogP contribution in [-0.2, 0) is 11.3 Å². The standard InChI is InChI=1S/C18H16Br2O4/c1-3-8-23-18(21)13-9-15(20)17(16(10-13)22-2)24-11-12-4-6-14(19)7-5-12/h3-7,9-10H,1,8,11H2,2H3. The van der Waals surface area contributed by atoms with E-state index >= 15 is 0 Å². The molecule has 0 saturated heterocycles. The zero-order chi connectivity index (χ0) is 17.5. The van der Waals surface area contributed by atoms with Crippen LogP contribution in [0.15, 0.2) is 58.0 Å². The maximum Gasteiger partial charge on any atom is 0.338 e. The van der Waals surface area contributed by atoms with Crippen LogP contribution in [0.3, 0.4) is 0 Å². The van der Waals surface area contributed by atoms with Crippen molar-refractivity contribution in [2.24, 2.45) is 0 Å². The van der Waals surface area contributed by atoms with Gasteiger partial charge in [-0.1, -0.05) is 40.7 Å². The van der Waals surface area contributed by atoms with Crippen molar-refractivity contribution < 1.29 is 19.0 Å². The molecule has 0 aliphatic heterocycles. The van der Waals surface area contributed by atoms with Gasteiger partial charge in [-0.25, -0.2) is 4.79 Å². The maximum absolute atomic E-state index is 12.0. The van der Waals surface area contributed by atoms with Crippen molar-refractivity contribution in [3.8, 4) is 11.5 Å². The fraction of sp³-hybridized carbons (Fsp3) is 0.167. The molecule has 0 radical (unpaired) electrons. The molecule has 0 saturated carbocycles. The Balaban J connectivity index is 2.18. The van der Waals surface area contributed by atoms with Gasteiger partial charge >= 0.3 is 5.97 Å². The first-order chi connectivity index (χ1) is 11.5. The SMILES string of the molecule is C=CCOC(=O)c1cc(Br)c(OCc2ccc(Br)cc2)c(OC)c1. The van der Waals surface area contributed by atoms with E-state index in [-0.39, 0.29) is 6.61 Å². The van der Waals surface area contributed by atoms with Crippen LogP contribution in [0.5, 0.6) is 11.5 Å². The summed E-state index contributed by atoms with van der Waals surface area (Å²) < 4.78 is 17.8. The highest BCUT2D eigenvalue weighted by atomic mass is 79.9. The Labute approximate surface area is 157 Å². The molecule has 4 nitrogen and oxygen atoms in total. The zero-order valence-corrected chi connectivity index (χ0v) is 16.2. The van der Waals surface area contributed by atoms with E-state index in [1.807, 2.05) is 24.3 Å². The molecule has 24 heavy (non-hydrogen) atoms. The minimum absolute atomic E-state index is 0.153. The minimum atomic E-state index is -0.451. The number of halogens is 2. The third-order valence-electron chi connectivity index (χ3n) is 3.09. The van der Waals surface area contributed by atoms with Gasteiger partial charge in [0, 0.05) is 4.47 Å². The lowest BCUT2D eigenvalue weighted by atomic mass is 10.2. The van der Waals surface area contributed by atoms with Crippen LogP contribution in [-0.4, -0.2) is 19.7 Å². The molecule has 0 spiro atoms. The molecule has 0 heterocycles. The molecule has 0 N–H and O–H groups in total. The minimum Gasteiger partial charge on any atom is -0.493 e. The highest BCUT2D eigenvalue weighted by molar-refractivity contribution is 9.10. The average molecular weight is 456 g/mol. The van der Waals surface area contributed by atoms with E-state index in [2.05, 4.69) is 38.4 Å². The largest absolute Gasteiger partial charge is 0.493 e. The number of rotatable bonds is 7. The molecule has 6 heteroatoms. The molecule has 2 aromatic rings. The van der Waals surface area contributed by atoms with Crippen molar-refractivity contribution in [2.75, 3.05) is 13.7 Å². The molecule has 2 rings (SSSR count). The summed E-state index contributed by atoms with van der Waals surface area (Å²) >= 11 is 6.82. The molecule has 0 amide bonds. The van der Waals surface area contributed by atoms with Crippen LogP contribution < -0.4 is 9.47 Å². The van der Waals surface area contributed by atoms with E-state index in [9.17, 15) is 4.79 Å². The van der Waals surface area contributed by atoms with Gasteiger partial charge in [-0.3, -0.25) is 0 Å². The van der Waals surface area contributed by atoms with Gasteiger partial charge in [-0.15, -0.1) is 0 Å². The summed E-state index contributed by atoms with van der Waals surface area (Å²) in [4.78, 5) is 12.0. The topological polar surface area (TPSA) is 44.8 Å². The van der Waals surface area contributed by atoms with Crippen molar-refractivity contribution >= 4 is 37.8 Å². The van der Waals surface area contributed by atoms with Gasteiger partial charge in [-0.2, -0.15) is 0 Å². The van der Waals surface area contributed by atoms with E-state index in [4.69, 9.17) is 14.2 Å². The van der Waals surface area contributed by atoms with Crippen molar-refractivity contribution in [1.29, 1.82) is 0 Å². The van der Waals surface area contributed by atoms with Crippen LogP contribution >= 0.6 is 31.9 Å². The second-order valence-electron chi connectivity index (χ2n) is 4.79. The van der Waals surface area contributed by atoms with Crippen LogP contribution in [0, 0.1) is 0 Å². The molecule has 2 aromatic carbocycles. The molecule has 0 aliphatic carbocycles. The lowest BCUT2D eigenvalue weighted by molar-refractivity contribution is 0.0549. The Bertz CT molecular complexity index is 727. The van der Waals surface area contributed by atoms with Crippen molar-refractivity contribution in [2.45, 2.75) is 6.61 Å². The van der Waals surface area contributed by atoms with E-state index in [1.54, 1.807) is 12.1 Å². The summed E-state index contributed by atoms with van der Waals surface area (Å²) in [5.41, 5.74) is 1.39. The number of benzene rings is 2. The second-order valence-corrected chi connectivity index (χ2v) is 6.56. The van der Waals surface area contributed by atoms with E-state index in [1.165, 1.54) is 13.2 Å². The number of hydrogen-bond donors (Lipinski definition) is 0. The van der Waals surface area contributed by atoms with Gasteiger partial charge in [0.15, 0.2) is 11.5 Å². The summed E-state index contributed by atoms with van der Waals surface area (Å²) in [6.07, 6.45) is 1.51. The van der Waals surface area contributed by atoms with Crippen LogP contribution in [0.4, 0.5) is 0 Å². The average Bonchev–Trinajstić information content (AvgIpc) is 2.59. The second kappa shape index (κ2) is 8.89. The normalized spacial score (nSPS) is 10.1. The maximum atomic E-state index is 12.0. The fourth-order valence-corrected chi connectivity index (χ4v) is 2.75. The number of methoxy groups -OCH3 is 1. The molecule has 126 valence electrons. The Morgan fingerprint density at radius 2 is 1.92 bits per heavy atom. The summed E-state index contributed by atoms with van der Waals surface area (Å²) in [6, 6.07) is 11.1. The first-order valence-corrected chi connectivity index (χ1v) is 8.66. The molecule has 0 atom stereocenters. The Kier molecular flexibility index (Phi) is 6.87. The number of ether oxygens (including phenoxy) is 3. The third kappa shape index (κ3) is 4.85. The lowest BCUT2D eigenvalue weighted by Crippen LogP contribution is -2.06. The molecule has 0 unspecified atom stereocenters. The Morgan fingerprint density at radius 1 is 1.21 bits per heavy atom. The van der Waals surface area contributed by atoms with E-state index < -0.39 is 5.97 Å². The molecule has 0 fully saturated rings. The third-order valence-corrected chi connectivity index (χ3v) is 4.21. The van der Waals surface area contributed by atoms with Crippen LogP contribution in [0.1, 0.15) is 15.9 Å². The molecule has 0 aliphatic rings. The van der Waals surface area contributed by atoms with Crippen molar-refractivity contribution in [3.63, 3.8) is 0 Å². The summed E-state index contributed by atoms with van der Waals surface area (Å²) in [5, 5.41) is 0. The van der Waals surface area contributed by atoms with E-state index in [0.717, 1.165) is 10.0 Å². The summed E-state index contributed by atoms with van der Waals surface area (Å²) in [5.74, 6) is 0.529. The smallest absolute Gasteiger partial charge is 0.338 e. The van der Waals surface area contributed by atoms with Crippen LogP contribution in [0.25, 0.3) is 0 Å². The Hall–Kier alpha value is -1.79. The molecular formula is C18H16Br2O4. The quantitative estimate of drug-likeness (QED) is 0.428. The van der Waals surface area contributed by atoms with Crippen molar-refractivity contribution in [3.05, 3.63) is 69.1 Å². The molecule has 0 bridgehead atoms.